The van der Waals surface area contributed by atoms with Crippen LogP contribution in [0.25, 0.3) is 0 Å². The van der Waals surface area contributed by atoms with Crippen molar-refractivity contribution in [3.05, 3.63) is 50.0 Å². The van der Waals surface area contributed by atoms with Crippen LogP contribution in [0.4, 0.5) is 4.39 Å². The highest BCUT2D eigenvalue weighted by Crippen LogP contribution is 2.28. The van der Waals surface area contributed by atoms with E-state index in [1.165, 1.54) is 6.07 Å². The van der Waals surface area contributed by atoms with Crippen molar-refractivity contribution < 1.29 is 9.18 Å². The van der Waals surface area contributed by atoms with Crippen molar-refractivity contribution in [1.82, 2.24) is 9.78 Å². The summed E-state index contributed by atoms with van der Waals surface area (Å²) in [6, 6.07) is 3.04. The standard InChI is InChI=1S/C15H15BrClFN2O/c1-8-10(9(2)20(3)19-8)5-7-13(21)11-4-6-12(16)14(17)15(11)18/h4,6H,5,7H2,1-3H3. The molecule has 0 aliphatic heterocycles. The normalized spacial score (nSPS) is 11.0. The Morgan fingerprint density at radius 3 is 2.67 bits per heavy atom. The first-order valence-corrected chi connectivity index (χ1v) is 7.65. The fourth-order valence-electron chi connectivity index (χ4n) is 2.29. The van der Waals surface area contributed by atoms with E-state index >= 15 is 0 Å². The molecular weight excluding hydrogens is 359 g/mol. The summed E-state index contributed by atoms with van der Waals surface area (Å²) < 4.78 is 16.2. The zero-order chi connectivity index (χ0) is 15.7. The summed E-state index contributed by atoms with van der Waals surface area (Å²) in [6.07, 6.45) is 0.764. The van der Waals surface area contributed by atoms with Crippen molar-refractivity contribution in [3.63, 3.8) is 0 Å². The van der Waals surface area contributed by atoms with Crippen LogP contribution in [0.5, 0.6) is 0 Å². The lowest BCUT2D eigenvalue weighted by atomic mass is 10.0. The Kier molecular flexibility index (Phi) is 4.84. The average molecular weight is 374 g/mol. The van der Waals surface area contributed by atoms with Gasteiger partial charge in [-0.25, -0.2) is 4.39 Å². The number of carbonyl (C=O) groups excluding carboxylic acids is 1. The van der Waals surface area contributed by atoms with Gasteiger partial charge in [-0.15, -0.1) is 0 Å². The number of nitrogens with zero attached hydrogens (tertiary/aromatic N) is 2. The molecule has 1 aromatic heterocycles. The number of Topliss-reactive ketones (excluding diaryl/α,β-unsaturated/α-hetero) is 1. The molecule has 0 N–H and O–H groups in total. The Hall–Kier alpha value is -1.20. The number of rotatable bonds is 4. The first-order chi connectivity index (χ1) is 9.82. The van der Waals surface area contributed by atoms with Gasteiger partial charge in [0.05, 0.1) is 16.3 Å². The number of hydrogen-bond donors (Lipinski definition) is 0. The van der Waals surface area contributed by atoms with Gasteiger partial charge in [-0.3, -0.25) is 9.48 Å². The lowest BCUT2D eigenvalue weighted by molar-refractivity contribution is 0.0979. The molecule has 112 valence electrons. The van der Waals surface area contributed by atoms with Crippen molar-refractivity contribution in [3.8, 4) is 0 Å². The van der Waals surface area contributed by atoms with Crippen LogP contribution in [0.2, 0.25) is 5.02 Å². The molecule has 6 heteroatoms. The minimum Gasteiger partial charge on any atom is -0.294 e. The van der Waals surface area contributed by atoms with E-state index in [1.807, 2.05) is 20.9 Å². The predicted molar refractivity (Wildman–Crippen MR) is 84.4 cm³/mol. The second-order valence-electron chi connectivity index (χ2n) is 4.92. The van der Waals surface area contributed by atoms with Crippen LogP contribution in [0.15, 0.2) is 16.6 Å². The van der Waals surface area contributed by atoms with Crippen molar-refractivity contribution in [2.24, 2.45) is 7.05 Å². The Morgan fingerprint density at radius 2 is 2.10 bits per heavy atom. The van der Waals surface area contributed by atoms with E-state index < -0.39 is 5.82 Å². The Morgan fingerprint density at radius 1 is 1.43 bits per heavy atom. The van der Waals surface area contributed by atoms with Crippen LogP contribution in [-0.4, -0.2) is 15.6 Å². The molecule has 0 amide bonds. The Balaban J connectivity index is 2.18. The predicted octanol–water partition coefficient (Wildman–Crippen LogP) is 4.41. The lowest BCUT2D eigenvalue weighted by Crippen LogP contribution is -2.05. The summed E-state index contributed by atoms with van der Waals surface area (Å²) in [7, 11) is 1.86. The molecule has 21 heavy (non-hydrogen) atoms. The molecule has 0 spiro atoms. The van der Waals surface area contributed by atoms with Crippen molar-refractivity contribution in [1.29, 1.82) is 0 Å². The molecule has 1 heterocycles. The third kappa shape index (κ3) is 3.19. The summed E-state index contributed by atoms with van der Waals surface area (Å²) in [6.45, 7) is 3.86. The molecule has 0 unspecified atom stereocenters. The topological polar surface area (TPSA) is 34.9 Å². The fraction of sp³-hybridized carbons (Fsp3) is 0.333. The second-order valence-corrected chi connectivity index (χ2v) is 6.15. The molecule has 0 saturated heterocycles. The Bertz CT molecular complexity index is 712. The maximum absolute atomic E-state index is 14.0. The molecule has 0 saturated carbocycles. The van der Waals surface area contributed by atoms with Crippen LogP contribution >= 0.6 is 27.5 Å². The molecule has 2 aromatic rings. The molecule has 0 aliphatic carbocycles. The summed E-state index contributed by atoms with van der Waals surface area (Å²) in [4.78, 5) is 12.2. The van der Waals surface area contributed by atoms with Crippen molar-refractivity contribution in [2.75, 3.05) is 0 Å². The van der Waals surface area contributed by atoms with E-state index in [2.05, 4.69) is 21.0 Å². The van der Waals surface area contributed by atoms with Gasteiger partial charge in [0.2, 0.25) is 0 Å². The summed E-state index contributed by atoms with van der Waals surface area (Å²) in [5.41, 5.74) is 2.99. The molecule has 0 fully saturated rings. The minimum absolute atomic E-state index is 0.0300. The largest absolute Gasteiger partial charge is 0.294 e. The van der Waals surface area contributed by atoms with E-state index in [0.29, 0.717) is 10.9 Å². The number of benzene rings is 1. The highest BCUT2D eigenvalue weighted by atomic mass is 79.9. The molecular formula is C15H15BrClFN2O. The van der Waals surface area contributed by atoms with Crippen LogP contribution in [0.1, 0.15) is 33.7 Å². The molecule has 1 aromatic carbocycles. The first-order valence-electron chi connectivity index (χ1n) is 6.48. The van der Waals surface area contributed by atoms with Gasteiger partial charge in [-0.05, 0) is 53.9 Å². The monoisotopic (exact) mass is 372 g/mol. The number of carbonyl (C=O) groups is 1. The van der Waals surface area contributed by atoms with Gasteiger partial charge in [-0.2, -0.15) is 5.10 Å². The summed E-state index contributed by atoms with van der Waals surface area (Å²) >= 11 is 8.94. The molecule has 0 atom stereocenters. The fourth-order valence-corrected chi connectivity index (χ4v) is 2.76. The molecule has 0 bridgehead atoms. The maximum atomic E-state index is 14.0. The van der Waals surface area contributed by atoms with E-state index in [9.17, 15) is 9.18 Å². The van der Waals surface area contributed by atoms with Gasteiger partial charge in [0.25, 0.3) is 0 Å². The SMILES string of the molecule is Cc1nn(C)c(C)c1CCC(=O)c1ccc(Br)c(Cl)c1F. The molecule has 0 radical (unpaired) electrons. The van der Waals surface area contributed by atoms with Crippen molar-refractivity contribution in [2.45, 2.75) is 26.7 Å². The van der Waals surface area contributed by atoms with Gasteiger partial charge in [0.15, 0.2) is 11.6 Å². The van der Waals surface area contributed by atoms with E-state index in [0.717, 1.165) is 17.0 Å². The molecule has 3 nitrogen and oxygen atoms in total. The van der Waals surface area contributed by atoms with Gasteiger partial charge >= 0.3 is 0 Å². The average Bonchev–Trinajstić information content (AvgIpc) is 2.67. The lowest BCUT2D eigenvalue weighted by Gasteiger charge is -2.06. The van der Waals surface area contributed by atoms with Gasteiger partial charge in [0, 0.05) is 23.6 Å². The quantitative estimate of drug-likeness (QED) is 0.588. The summed E-state index contributed by atoms with van der Waals surface area (Å²) in [5.74, 6) is -0.930. The number of aryl methyl sites for hydroxylation is 2. The van der Waals surface area contributed by atoms with Gasteiger partial charge < -0.3 is 0 Å². The van der Waals surface area contributed by atoms with Crippen LogP contribution < -0.4 is 0 Å². The zero-order valence-corrected chi connectivity index (χ0v) is 14.3. The van der Waals surface area contributed by atoms with E-state index in [1.54, 1.807) is 10.7 Å². The molecule has 2 rings (SSSR count). The third-order valence-corrected chi connectivity index (χ3v) is 4.86. The van der Waals surface area contributed by atoms with Crippen LogP contribution in [-0.2, 0) is 13.5 Å². The van der Waals surface area contributed by atoms with Gasteiger partial charge in [-0.1, -0.05) is 11.6 Å². The van der Waals surface area contributed by atoms with E-state index in [-0.39, 0.29) is 22.8 Å². The number of hydrogen-bond acceptors (Lipinski definition) is 2. The van der Waals surface area contributed by atoms with E-state index in [4.69, 9.17) is 11.6 Å². The van der Waals surface area contributed by atoms with Crippen LogP contribution in [0, 0.1) is 19.7 Å². The highest BCUT2D eigenvalue weighted by molar-refractivity contribution is 9.10. The first kappa shape index (κ1) is 16.2. The highest BCUT2D eigenvalue weighted by Gasteiger charge is 2.18. The summed E-state index contributed by atoms with van der Waals surface area (Å²) in [5, 5.41) is 4.25. The third-order valence-electron chi connectivity index (χ3n) is 3.60. The van der Waals surface area contributed by atoms with Crippen molar-refractivity contribution >= 4 is 33.3 Å². The zero-order valence-electron chi connectivity index (χ0n) is 12.0. The number of aromatic nitrogens is 2. The smallest absolute Gasteiger partial charge is 0.166 e. The van der Waals surface area contributed by atoms with Gasteiger partial charge in [0.1, 0.15) is 0 Å². The molecule has 0 aliphatic rings. The second kappa shape index (κ2) is 6.28. The number of ketones is 1. The maximum Gasteiger partial charge on any atom is 0.166 e. The Labute approximate surface area is 136 Å². The minimum atomic E-state index is -0.671. The number of halogens is 3. The van der Waals surface area contributed by atoms with Crippen LogP contribution in [0.3, 0.4) is 0 Å².